The summed E-state index contributed by atoms with van der Waals surface area (Å²) in [5.41, 5.74) is 6.49. The van der Waals surface area contributed by atoms with Gasteiger partial charge in [0, 0.05) is 38.4 Å². The number of β-amino-alcohol motifs (C(OH)–C–C–N with tert-alkyl or cyclic N) is 1. The summed E-state index contributed by atoms with van der Waals surface area (Å²) in [5.74, 6) is 0. The number of piperazine rings is 1. The van der Waals surface area contributed by atoms with Crippen LogP contribution in [0.2, 0.25) is 0 Å². The smallest absolute Gasteiger partial charge is 0.294 e. The first-order valence-electron chi connectivity index (χ1n) is 7.28. The summed E-state index contributed by atoms with van der Waals surface area (Å²) in [4.78, 5) is 2.19. The first-order valence-corrected chi connectivity index (χ1v) is 8.72. The lowest BCUT2D eigenvalue weighted by atomic mass is 10.1. The third-order valence-electron chi connectivity index (χ3n) is 3.37. The highest BCUT2D eigenvalue weighted by Gasteiger charge is 2.13. The highest BCUT2D eigenvalue weighted by molar-refractivity contribution is 7.85. The standard InChI is InChI=1S/C8H11NO3S.C6H14N2O/c1-2-6-5-7(9)3-4-8(6)13(10,11)12;9-6-5-8-3-1-7-2-4-8/h3-5H,2,9H2,1H3,(H,10,11,12);7,9H,1-6H2. The molecule has 0 amide bonds. The maximum atomic E-state index is 10.8. The van der Waals surface area contributed by atoms with Crippen LogP contribution in [0, 0.1) is 0 Å². The number of rotatable bonds is 4. The first kappa shape index (κ1) is 18.9. The molecule has 22 heavy (non-hydrogen) atoms. The van der Waals surface area contributed by atoms with Gasteiger partial charge in [-0.05, 0) is 30.2 Å². The topological polar surface area (TPSA) is 116 Å². The molecule has 0 saturated carbocycles. The summed E-state index contributed by atoms with van der Waals surface area (Å²) >= 11 is 0. The van der Waals surface area contributed by atoms with Gasteiger partial charge >= 0.3 is 0 Å². The molecule has 0 aliphatic carbocycles. The van der Waals surface area contributed by atoms with Crippen LogP contribution in [0.5, 0.6) is 0 Å². The Bertz CT molecular complexity index is 554. The van der Waals surface area contributed by atoms with Gasteiger partial charge in [-0.2, -0.15) is 8.42 Å². The molecule has 1 fully saturated rings. The minimum absolute atomic E-state index is 0.0656. The van der Waals surface area contributed by atoms with Crippen molar-refractivity contribution in [1.82, 2.24) is 10.2 Å². The lowest BCUT2D eigenvalue weighted by Gasteiger charge is -2.25. The first-order chi connectivity index (χ1) is 10.4. The SMILES string of the molecule is CCc1cc(N)ccc1S(=O)(=O)O.OCCN1CCNCC1. The normalized spacial score (nSPS) is 16.0. The Balaban J connectivity index is 0.000000235. The van der Waals surface area contributed by atoms with Crippen molar-refractivity contribution in [2.45, 2.75) is 18.2 Å². The molecule has 1 aromatic rings. The van der Waals surface area contributed by atoms with E-state index in [0.717, 1.165) is 32.7 Å². The van der Waals surface area contributed by atoms with Crippen molar-refractivity contribution in [3.8, 4) is 0 Å². The number of hydrogen-bond acceptors (Lipinski definition) is 6. The van der Waals surface area contributed by atoms with Gasteiger partial charge < -0.3 is 16.2 Å². The third-order valence-corrected chi connectivity index (χ3v) is 4.32. The predicted molar refractivity (Wildman–Crippen MR) is 86.4 cm³/mol. The summed E-state index contributed by atoms with van der Waals surface area (Å²) in [6, 6.07) is 4.30. The van der Waals surface area contributed by atoms with Crippen LogP contribution in [0.4, 0.5) is 5.69 Å². The van der Waals surface area contributed by atoms with E-state index in [1.807, 2.05) is 0 Å². The summed E-state index contributed by atoms with van der Waals surface area (Å²) in [6.45, 7) is 7.23. The van der Waals surface area contributed by atoms with Crippen molar-refractivity contribution < 1.29 is 18.1 Å². The molecule has 0 spiro atoms. The third kappa shape index (κ3) is 6.29. The maximum Gasteiger partial charge on any atom is 0.294 e. The van der Waals surface area contributed by atoms with Crippen LogP contribution in [0.25, 0.3) is 0 Å². The van der Waals surface area contributed by atoms with Crippen molar-refractivity contribution >= 4 is 15.8 Å². The number of nitrogens with zero attached hydrogens (tertiary/aromatic N) is 1. The molecule has 8 heteroatoms. The molecule has 7 nitrogen and oxygen atoms in total. The van der Waals surface area contributed by atoms with Crippen LogP contribution in [-0.2, 0) is 16.5 Å². The molecule has 0 radical (unpaired) electrons. The number of aliphatic hydroxyl groups is 1. The van der Waals surface area contributed by atoms with Crippen LogP contribution >= 0.6 is 0 Å². The van der Waals surface area contributed by atoms with Crippen LogP contribution in [0.1, 0.15) is 12.5 Å². The number of anilines is 1. The number of nitrogens with two attached hydrogens (primary N) is 1. The Morgan fingerprint density at radius 1 is 1.32 bits per heavy atom. The zero-order valence-electron chi connectivity index (χ0n) is 12.8. The van der Waals surface area contributed by atoms with Gasteiger partial charge in [-0.15, -0.1) is 0 Å². The molecule has 1 saturated heterocycles. The molecule has 1 heterocycles. The van der Waals surface area contributed by atoms with E-state index in [-0.39, 0.29) is 4.90 Å². The molecule has 126 valence electrons. The van der Waals surface area contributed by atoms with E-state index >= 15 is 0 Å². The molecule has 1 aliphatic rings. The van der Waals surface area contributed by atoms with E-state index in [9.17, 15) is 8.42 Å². The molecule has 1 aromatic carbocycles. The Kier molecular flexibility index (Phi) is 7.77. The monoisotopic (exact) mass is 331 g/mol. The van der Waals surface area contributed by atoms with Gasteiger partial charge in [0.1, 0.15) is 0 Å². The number of nitrogens with one attached hydrogen (secondary N) is 1. The fraction of sp³-hybridized carbons (Fsp3) is 0.571. The second-order valence-electron chi connectivity index (χ2n) is 5.01. The van der Waals surface area contributed by atoms with Gasteiger partial charge in [-0.25, -0.2) is 0 Å². The van der Waals surface area contributed by atoms with Crippen molar-refractivity contribution in [2.24, 2.45) is 0 Å². The molecule has 0 unspecified atom stereocenters. The minimum Gasteiger partial charge on any atom is -0.399 e. The Hall–Kier alpha value is -1.19. The maximum absolute atomic E-state index is 10.8. The fourth-order valence-electron chi connectivity index (χ4n) is 2.20. The highest BCUT2D eigenvalue weighted by atomic mass is 32.2. The highest BCUT2D eigenvalue weighted by Crippen LogP contribution is 2.18. The lowest BCUT2D eigenvalue weighted by Crippen LogP contribution is -2.44. The zero-order chi connectivity index (χ0) is 16.6. The molecule has 5 N–H and O–H groups in total. The summed E-state index contributed by atoms with van der Waals surface area (Å²) in [7, 11) is -4.12. The number of aryl methyl sites for hydroxylation is 1. The predicted octanol–water partition coefficient (Wildman–Crippen LogP) is -0.0382. The van der Waals surface area contributed by atoms with Crippen molar-refractivity contribution in [3.05, 3.63) is 23.8 Å². The minimum atomic E-state index is -4.12. The van der Waals surface area contributed by atoms with Crippen LogP contribution < -0.4 is 11.1 Å². The summed E-state index contributed by atoms with van der Waals surface area (Å²) in [5, 5.41) is 11.8. The van der Waals surface area contributed by atoms with E-state index in [1.54, 1.807) is 13.0 Å². The molecule has 0 aromatic heterocycles. The largest absolute Gasteiger partial charge is 0.399 e. The quantitative estimate of drug-likeness (QED) is 0.452. The molecule has 0 bridgehead atoms. The van der Waals surface area contributed by atoms with E-state index < -0.39 is 10.1 Å². The average Bonchev–Trinajstić information content (AvgIpc) is 2.48. The molecule has 1 aliphatic heterocycles. The Morgan fingerprint density at radius 2 is 1.95 bits per heavy atom. The van der Waals surface area contributed by atoms with Gasteiger partial charge in [0.15, 0.2) is 0 Å². The molecule has 2 rings (SSSR count). The fourth-order valence-corrected chi connectivity index (χ4v) is 2.98. The number of hydrogen-bond donors (Lipinski definition) is 4. The van der Waals surface area contributed by atoms with E-state index in [0.29, 0.717) is 24.3 Å². The summed E-state index contributed by atoms with van der Waals surface area (Å²) in [6.07, 6.45) is 0.514. The van der Waals surface area contributed by atoms with E-state index in [2.05, 4.69) is 10.2 Å². The van der Waals surface area contributed by atoms with Crippen molar-refractivity contribution in [3.63, 3.8) is 0 Å². The molecular formula is C14H25N3O4S. The number of nitrogen functional groups attached to an aromatic ring is 1. The molecular weight excluding hydrogens is 306 g/mol. The van der Waals surface area contributed by atoms with E-state index in [1.165, 1.54) is 12.1 Å². The second kappa shape index (κ2) is 9.06. The van der Waals surface area contributed by atoms with E-state index in [4.69, 9.17) is 15.4 Å². The van der Waals surface area contributed by atoms with Crippen LogP contribution in [-0.4, -0.2) is 62.3 Å². The molecule has 0 atom stereocenters. The number of aliphatic hydroxyl groups excluding tert-OH is 1. The second-order valence-corrected chi connectivity index (χ2v) is 6.40. The number of benzene rings is 1. The van der Waals surface area contributed by atoms with Gasteiger partial charge in [-0.3, -0.25) is 9.45 Å². The van der Waals surface area contributed by atoms with Crippen LogP contribution in [0.3, 0.4) is 0 Å². The Labute approximate surface area is 131 Å². The summed E-state index contributed by atoms with van der Waals surface area (Å²) < 4.78 is 30.5. The Morgan fingerprint density at radius 3 is 2.45 bits per heavy atom. The lowest BCUT2D eigenvalue weighted by molar-refractivity contribution is 0.180. The van der Waals surface area contributed by atoms with Gasteiger partial charge in [0.2, 0.25) is 0 Å². The zero-order valence-corrected chi connectivity index (χ0v) is 13.6. The van der Waals surface area contributed by atoms with Gasteiger partial charge in [0.25, 0.3) is 10.1 Å². The van der Waals surface area contributed by atoms with Gasteiger partial charge in [0.05, 0.1) is 11.5 Å². The van der Waals surface area contributed by atoms with Crippen LogP contribution in [0.15, 0.2) is 23.1 Å². The average molecular weight is 331 g/mol. The van der Waals surface area contributed by atoms with Gasteiger partial charge in [-0.1, -0.05) is 6.92 Å². The van der Waals surface area contributed by atoms with Crippen molar-refractivity contribution in [1.29, 1.82) is 0 Å². The van der Waals surface area contributed by atoms with Crippen molar-refractivity contribution in [2.75, 3.05) is 45.1 Å².